The molecule has 0 aliphatic carbocycles. The molecule has 6 heteroatoms. The summed E-state index contributed by atoms with van der Waals surface area (Å²) >= 11 is 11.7. The molecule has 0 heterocycles. The van der Waals surface area contributed by atoms with Gasteiger partial charge < -0.3 is 5.02 Å². The first-order valence-electron chi connectivity index (χ1n) is 5.07. The molecule has 0 aromatic heterocycles. The number of hydrogen-bond donors (Lipinski definition) is 1. The van der Waals surface area contributed by atoms with E-state index < -0.39 is 18.6 Å². The first-order valence-corrected chi connectivity index (χ1v) is 5.82. The Hall–Kier alpha value is -1.10. The lowest BCUT2D eigenvalue weighted by Crippen LogP contribution is -2.43. The first-order chi connectivity index (χ1) is 8.49. The Kier molecular flexibility index (Phi) is 3.90. The van der Waals surface area contributed by atoms with E-state index in [1.54, 1.807) is 0 Å². The maximum Gasteiger partial charge on any atom is 0.361 e. The minimum atomic E-state index is -1.13. The molecule has 0 spiro atoms. The number of benzene rings is 2. The molecular formula is C12H7BCl2F2O. The van der Waals surface area contributed by atoms with Crippen molar-refractivity contribution in [2.45, 2.75) is 0 Å². The molecular weight excluding hydrogens is 280 g/mol. The van der Waals surface area contributed by atoms with E-state index in [4.69, 9.17) is 23.2 Å². The summed E-state index contributed by atoms with van der Waals surface area (Å²) in [5.74, 6) is -0.998. The predicted octanol–water partition coefficient (Wildman–Crippen LogP) is 2.37. The molecule has 0 atom stereocenters. The smallest absolute Gasteiger partial charge is 0.361 e. The van der Waals surface area contributed by atoms with Gasteiger partial charge in [-0.25, -0.2) is 8.78 Å². The van der Waals surface area contributed by atoms with Crippen LogP contribution in [0, 0.1) is 11.6 Å². The van der Waals surface area contributed by atoms with Crippen LogP contribution in [0.2, 0.25) is 10.0 Å². The van der Waals surface area contributed by atoms with E-state index in [9.17, 15) is 13.8 Å². The van der Waals surface area contributed by atoms with Crippen molar-refractivity contribution < 1.29 is 13.8 Å². The summed E-state index contributed by atoms with van der Waals surface area (Å²) in [7, 11) is 0. The average molecular weight is 287 g/mol. The van der Waals surface area contributed by atoms with Crippen molar-refractivity contribution in [1.82, 2.24) is 0 Å². The summed E-state index contributed by atoms with van der Waals surface area (Å²) in [6.45, 7) is -1.13. The van der Waals surface area contributed by atoms with Gasteiger partial charge in [0.2, 0.25) is 0 Å². The molecule has 2 aromatic rings. The van der Waals surface area contributed by atoms with E-state index in [2.05, 4.69) is 0 Å². The highest BCUT2D eigenvalue weighted by molar-refractivity contribution is 6.82. The molecule has 92 valence electrons. The monoisotopic (exact) mass is 286 g/mol. The molecule has 0 amide bonds. The van der Waals surface area contributed by atoms with Crippen LogP contribution in [0.25, 0.3) is 0 Å². The standard InChI is InChI=1S/C12H7BCl2F2O/c14-11-5-7(16)1-3-9(11)13(18)10-4-2-8(17)6-12(10)15/h1-6,18H. The SMILES string of the molecule is OB(c1ccc(F)cc1Cl)c1ccc(F)cc1Cl. The molecule has 0 fully saturated rings. The molecule has 18 heavy (non-hydrogen) atoms. The molecule has 1 nitrogen and oxygen atoms in total. The highest BCUT2D eigenvalue weighted by atomic mass is 35.5. The van der Waals surface area contributed by atoms with E-state index in [0.29, 0.717) is 10.9 Å². The summed E-state index contributed by atoms with van der Waals surface area (Å²) in [6, 6.07) is 7.28. The van der Waals surface area contributed by atoms with Crippen molar-refractivity contribution in [3.63, 3.8) is 0 Å². The van der Waals surface area contributed by atoms with Gasteiger partial charge in [-0.05, 0) is 35.2 Å². The molecule has 0 radical (unpaired) electrons. The van der Waals surface area contributed by atoms with Gasteiger partial charge in [0, 0.05) is 10.0 Å². The second-order valence-electron chi connectivity index (χ2n) is 3.73. The van der Waals surface area contributed by atoms with Crippen LogP contribution >= 0.6 is 23.2 Å². The lowest BCUT2D eigenvalue weighted by molar-refractivity contribution is 0.599. The fourth-order valence-electron chi connectivity index (χ4n) is 1.61. The third-order valence-electron chi connectivity index (χ3n) is 2.51. The zero-order valence-electron chi connectivity index (χ0n) is 9.00. The molecule has 2 aromatic carbocycles. The fourth-order valence-corrected chi connectivity index (χ4v) is 2.16. The maximum absolute atomic E-state index is 12.9. The maximum atomic E-state index is 12.9. The molecule has 0 saturated heterocycles. The van der Waals surface area contributed by atoms with E-state index in [1.807, 2.05) is 0 Å². The first kappa shape index (κ1) is 13.3. The van der Waals surface area contributed by atoms with Gasteiger partial charge in [0.15, 0.2) is 0 Å². The van der Waals surface area contributed by atoms with Crippen LogP contribution in [0.3, 0.4) is 0 Å². The molecule has 0 bridgehead atoms. The minimum Gasteiger partial charge on any atom is -0.443 e. The summed E-state index contributed by atoms with van der Waals surface area (Å²) in [6.07, 6.45) is 0. The largest absolute Gasteiger partial charge is 0.443 e. The van der Waals surface area contributed by atoms with Gasteiger partial charge in [-0.15, -0.1) is 0 Å². The Labute approximate surface area is 113 Å². The van der Waals surface area contributed by atoms with Crippen LogP contribution in [0.15, 0.2) is 36.4 Å². The Morgan fingerprint density at radius 2 is 1.22 bits per heavy atom. The van der Waals surface area contributed by atoms with Crippen molar-refractivity contribution in [1.29, 1.82) is 0 Å². The Morgan fingerprint density at radius 3 is 1.56 bits per heavy atom. The van der Waals surface area contributed by atoms with Gasteiger partial charge >= 0.3 is 6.92 Å². The van der Waals surface area contributed by atoms with Gasteiger partial charge in [-0.2, -0.15) is 0 Å². The summed E-state index contributed by atoms with van der Waals surface area (Å²) in [5.41, 5.74) is 0.623. The van der Waals surface area contributed by atoms with Gasteiger partial charge in [0.1, 0.15) is 11.6 Å². The zero-order chi connectivity index (χ0) is 13.3. The van der Waals surface area contributed by atoms with Gasteiger partial charge in [0.25, 0.3) is 0 Å². The number of halogens is 4. The fraction of sp³-hybridized carbons (Fsp3) is 0. The molecule has 1 N–H and O–H groups in total. The predicted molar refractivity (Wildman–Crippen MR) is 70.1 cm³/mol. The van der Waals surface area contributed by atoms with Crippen LogP contribution in [0.4, 0.5) is 8.78 Å². The molecule has 0 aliphatic rings. The summed E-state index contributed by atoms with van der Waals surface area (Å²) in [4.78, 5) is 0. The third kappa shape index (κ3) is 2.66. The summed E-state index contributed by atoms with van der Waals surface area (Å²) in [5, 5.41) is 10.3. The normalized spacial score (nSPS) is 10.5. The van der Waals surface area contributed by atoms with Crippen molar-refractivity contribution in [2.24, 2.45) is 0 Å². The van der Waals surface area contributed by atoms with Crippen LogP contribution < -0.4 is 10.9 Å². The highest BCUT2D eigenvalue weighted by Crippen LogP contribution is 2.12. The topological polar surface area (TPSA) is 20.2 Å². The number of rotatable bonds is 2. The lowest BCUT2D eigenvalue weighted by atomic mass is 9.56. The van der Waals surface area contributed by atoms with Crippen LogP contribution in [-0.2, 0) is 0 Å². The highest BCUT2D eigenvalue weighted by Gasteiger charge is 2.22. The third-order valence-corrected chi connectivity index (χ3v) is 3.17. The Morgan fingerprint density at radius 1 is 0.833 bits per heavy atom. The van der Waals surface area contributed by atoms with Gasteiger partial charge in [-0.3, -0.25) is 0 Å². The van der Waals surface area contributed by atoms with Crippen molar-refractivity contribution in [3.05, 3.63) is 58.1 Å². The lowest BCUT2D eigenvalue weighted by Gasteiger charge is -2.11. The van der Waals surface area contributed by atoms with E-state index in [0.717, 1.165) is 12.1 Å². The van der Waals surface area contributed by atoms with Gasteiger partial charge in [0.05, 0.1) is 0 Å². The average Bonchev–Trinajstić information content (AvgIpc) is 2.28. The molecule has 0 aliphatic heterocycles. The molecule has 0 saturated carbocycles. The number of hydrogen-bond acceptors (Lipinski definition) is 1. The summed E-state index contributed by atoms with van der Waals surface area (Å²) < 4.78 is 25.8. The van der Waals surface area contributed by atoms with Crippen LogP contribution in [-0.4, -0.2) is 11.9 Å². The van der Waals surface area contributed by atoms with Crippen molar-refractivity contribution in [3.8, 4) is 0 Å². The van der Waals surface area contributed by atoms with E-state index >= 15 is 0 Å². The minimum absolute atomic E-state index is 0.0860. The second-order valence-corrected chi connectivity index (χ2v) is 4.55. The quantitative estimate of drug-likeness (QED) is 0.841. The second kappa shape index (κ2) is 5.27. The van der Waals surface area contributed by atoms with E-state index in [-0.39, 0.29) is 10.0 Å². The Balaban J connectivity index is 2.44. The Bertz CT molecular complexity index is 541. The zero-order valence-corrected chi connectivity index (χ0v) is 10.5. The van der Waals surface area contributed by atoms with Crippen molar-refractivity contribution in [2.75, 3.05) is 0 Å². The van der Waals surface area contributed by atoms with Crippen LogP contribution in [0.5, 0.6) is 0 Å². The van der Waals surface area contributed by atoms with Crippen molar-refractivity contribution >= 4 is 41.0 Å². The molecule has 0 unspecified atom stereocenters. The van der Waals surface area contributed by atoms with Crippen LogP contribution in [0.1, 0.15) is 0 Å². The molecule has 2 rings (SSSR count). The van der Waals surface area contributed by atoms with E-state index in [1.165, 1.54) is 24.3 Å². The van der Waals surface area contributed by atoms with Gasteiger partial charge in [-0.1, -0.05) is 35.3 Å².